The van der Waals surface area contributed by atoms with Crippen LogP contribution in [0.2, 0.25) is 0 Å². The average Bonchev–Trinajstić information content (AvgIpc) is 2.85. The maximum atomic E-state index is 12.1. The van der Waals surface area contributed by atoms with E-state index in [1.54, 1.807) is 0 Å². The quantitative estimate of drug-likeness (QED) is 0.494. The number of non-ortho nitro benzene ring substituents is 1. The summed E-state index contributed by atoms with van der Waals surface area (Å²) in [6, 6.07) is 6.01. The maximum Gasteiger partial charge on any atom is 0.317 e. The minimum absolute atomic E-state index is 0. The van der Waals surface area contributed by atoms with Crippen LogP contribution in [-0.2, 0) is 9.59 Å². The molecule has 0 saturated carbocycles. The summed E-state index contributed by atoms with van der Waals surface area (Å²) in [6.45, 7) is 2.40. The number of nitro groups is 1. The van der Waals surface area contributed by atoms with Crippen molar-refractivity contribution in [1.29, 1.82) is 0 Å². The Labute approximate surface area is 170 Å². The van der Waals surface area contributed by atoms with Crippen molar-refractivity contribution in [2.45, 2.75) is 31.7 Å². The molecule has 2 rings (SSSR count). The van der Waals surface area contributed by atoms with Gasteiger partial charge in [0.05, 0.1) is 11.5 Å². The zero-order valence-corrected chi connectivity index (χ0v) is 16.7. The third-order valence-corrected chi connectivity index (χ3v) is 4.82. The predicted molar refractivity (Wildman–Crippen MR) is 108 cm³/mol. The number of likely N-dealkylation sites (tertiary alicyclic amines) is 1. The van der Waals surface area contributed by atoms with Gasteiger partial charge in [-0.25, -0.2) is 0 Å². The van der Waals surface area contributed by atoms with Crippen LogP contribution in [0, 0.1) is 10.1 Å². The number of nitrogens with zero attached hydrogens (tertiary/aromatic N) is 3. The monoisotopic (exact) mass is 414 g/mol. The number of hydrogen-bond acceptors (Lipinski definition) is 6. The van der Waals surface area contributed by atoms with Gasteiger partial charge in [0.15, 0.2) is 0 Å². The first-order valence-electron chi connectivity index (χ1n) is 9.04. The number of halogens is 1. The number of aliphatic carboxylic acids is 1. The van der Waals surface area contributed by atoms with Crippen molar-refractivity contribution >= 4 is 35.7 Å². The van der Waals surface area contributed by atoms with Crippen LogP contribution in [0.15, 0.2) is 24.3 Å². The second-order valence-corrected chi connectivity index (χ2v) is 6.84. The Bertz CT molecular complexity index is 670. The summed E-state index contributed by atoms with van der Waals surface area (Å²) in [6.07, 6.45) is 3.15. The number of carboxylic acid groups (broad SMARTS) is 1. The largest absolute Gasteiger partial charge is 0.480 e. The molecule has 1 aromatic carbocycles. The average molecular weight is 415 g/mol. The summed E-state index contributed by atoms with van der Waals surface area (Å²) < 4.78 is 0. The van der Waals surface area contributed by atoms with Crippen molar-refractivity contribution in [3.05, 3.63) is 34.4 Å². The van der Waals surface area contributed by atoms with Crippen LogP contribution < -0.4 is 5.32 Å². The minimum Gasteiger partial charge on any atom is -0.480 e. The van der Waals surface area contributed by atoms with Crippen LogP contribution in [-0.4, -0.2) is 71.0 Å². The molecule has 156 valence electrons. The number of carbonyl (C=O) groups is 2. The Morgan fingerprint density at radius 3 is 2.57 bits per heavy atom. The fourth-order valence-electron chi connectivity index (χ4n) is 3.29. The Hall–Kier alpha value is -2.23. The summed E-state index contributed by atoms with van der Waals surface area (Å²) in [5.41, 5.74) is 0.525. The van der Waals surface area contributed by atoms with E-state index in [2.05, 4.69) is 10.2 Å². The topological polar surface area (TPSA) is 116 Å². The number of carboxylic acids is 1. The van der Waals surface area contributed by atoms with E-state index >= 15 is 0 Å². The Kier molecular flexibility index (Phi) is 9.84. The van der Waals surface area contributed by atoms with E-state index in [0.717, 1.165) is 32.4 Å². The molecule has 1 aromatic rings. The standard InChI is InChI=1S/C18H26N4O5.ClH/c1-20(13-18(24)25)15-3-2-10-21(11-8-15)12-9-17(23)19-14-4-6-16(7-5-14)22(26)27;/h4-7,15H,2-3,8-13H2,1H3,(H,19,23)(H,24,25);1H. The number of benzene rings is 1. The van der Waals surface area contributed by atoms with Crippen molar-refractivity contribution < 1.29 is 19.6 Å². The second-order valence-electron chi connectivity index (χ2n) is 6.84. The number of nitrogens with one attached hydrogen (secondary N) is 1. The second kappa shape index (κ2) is 11.6. The van der Waals surface area contributed by atoms with E-state index in [0.29, 0.717) is 18.7 Å². The zero-order valence-electron chi connectivity index (χ0n) is 15.9. The minimum atomic E-state index is -0.818. The molecule has 2 N–H and O–H groups in total. The summed E-state index contributed by atoms with van der Waals surface area (Å²) in [7, 11) is 1.84. The van der Waals surface area contributed by atoms with E-state index in [4.69, 9.17) is 5.11 Å². The number of hydrogen-bond donors (Lipinski definition) is 2. The fraction of sp³-hybridized carbons (Fsp3) is 0.556. The number of amides is 1. The molecule has 1 unspecified atom stereocenters. The van der Waals surface area contributed by atoms with Crippen molar-refractivity contribution in [1.82, 2.24) is 9.80 Å². The van der Waals surface area contributed by atoms with Crippen LogP contribution in [0.4, 0.5) is 11.4 Å². The maximum absolute atomic E-state index is 12.1. The molecule has 9 nitrogen and oxygen atoms in total. The van der Waals surface area contributed by atoms with Gasteiger partial charge in [0.25, 0.3) is 5.69 Å². The van der Waals surface area contributed by atoms with E-state index < -0.39 is 10.9 Å². The first-order chi connectivity index (χ1) is 12.8. The van der Waals surface area contributed by atoms with Gasteiger partial charge in [0, 0.05) is 36.8 Å². The fourth-order valence-corrected chi connectivity index (χ4v) is 3.29. The Morgan fingerprint density at radius 2 is 1.96 bits per heavy atom. The summed E-state index contributed by atoms with van der Waals surface area (Å²) in [4.78, 5) is 37.2. The molecular weight excluding hydrogens is 388 g/mol. The number of anilines is 1. The lowest BCUT2D eigenvalue weighted by molar-refractivity contribution is -0.384. The van der Waals surface area contributed by atoms with Crippen LogP contribution in [0.5, 0.6) is 0 Å². The van der Waals surface area contributed by atoms with Crippen molar-refractivity contribution in [3.63, 3.8) is 0 Å². The molecule has 0 spiro atoms. The van der Waals surface area contributed by atoms with Crippen LogP contribution in [0.25, 0.3) is 0 Å². The molecule has 1 aliphatic heterocycles. The molecular formula is C18H27ClN4O5. The van der Waals surface area contributed by atoms with Crippen LogP contribution in [0.1, 0.15) is 25.7 Å². The Balaban J connectivity index is 0.00000392. The van der Waals surface area contributed by atoms with E-state index in [1.165, 1.54) is 24.3 Å². The SMILES string of the molecule is CN(CC(=O)O)C1CCCN(CCC(=O)Nc2ccc([N+](=O)[O-])cc2)CC1.Cl. The highest BCUT2D eigenvalue weighted by atomic mass is 35.5. The zero-order chi connectivity index (χ0) is 19.8. The van der Waals surface area contributed by atoms with Gasteiger partial charge in [-0.15, -0.1) is 12.4 Å². The lowest BCUT2D eigenvalue weighted by atomic mass is 10.1. The lowest BCUT2D eigenvalue weighted by Crippen LogP contribution is -2.36. The Morgan fingerprint density at radius 1 is 1.29 bits per heavy atom. The van der Waals surface area contributed by atoms with Crippen molar-refractivity contribution in [3.8, 4) is 0 Å². The molecule has 0 aliphatic carbocycles. The first kappa shape index (κ1) is 23.8. The number of carbonyl (C=O) groups excluding carboxylic acids is 1. The summed E-state index contributed by atoms with van der Waals surface area (Å²) in [5, 5.41) is 22.3. The first-order valence-corrected chi connectivity index (χ1v) is 9.04. The molecule has 0 aromatic heterocycles. The van der Waals surface area contributed by atoms with Gasteiger partial charge in [0.2, 0.25) is 5.91 Å². The predicted octanol–water partition coefficient (Wildman–Crippen LogP) is 2.22. The molecule has 1 fully saturated rings. The highest BCUT2D eigenvalue weighted by Crippen LogP contribution is 2.17. The highest BCUT2D eigenvalue weighted by molar-refractivity contribution is 5.90. The summed E-state index contributed by atoms with van der Waals surface area (Å²) in [5.74, 6) is -0.950. The summed E-state index contributed by atoms with van der Waals surface area (Å²) >= 11 is 0. The molecule has 1 amide bonds. The van der Waals surface area contributed by atoms with Gasteiger partial charge >= 0.3 is 5.97 Å². The van der Waals surface area contributed by atoms with Crippen LogP contribution >= 0.6 is 12.4 Å². The number of nitro benzene ring substituents is 1. The van der Waals surface area contributed by atoms with E-state index in [-0.39, 0.29) is 36.6 Å². The van der Waals surface area contributed by atoms with Crippen LogP contribution in [0.3, 0.4) is 0 Å². The lowest BCUT2D eigenvalue weighted by Gasteiger charge is -2.25. The molecule has 28 heavy (non-hydrogen) atoms. The van der Waals surface area contributed by atoms with E-state index in [1.807, 2.05) is 11.9 Å². The molecule has 0 radical (unpaired) electrons. The number of rotatable bonds is 8. The third kappa shape index (κ3) is 7.79. The van der Waals surface area contributed by atoms with Crippen molar-refractivity contribution in [2.24, 2.45) is 0 Å². The normalized spacial score (nSPS) is 17.4. The molecule has 1 saturated heterocycles. The molecule has 1 atom stereocenters. The van der Waals surface area contributed by atoms with Crippen molar-refractivity contribution in [2.75, 3.05) is 38.5 Å². The molecule has 1 heterocycles. The van der Waals surface area contributed by atoms with Gasteiger partial charge in [-0.2, -0.15) is 0 Å². The van der Waals surface area contributed by atoms with Gasteiger partial charge < -0.3 is 15.3 Å². The van der Waals surface area contributed by atoms with Gasteiger partial charge in [0.1, 0.15) is 0 Å². The van der Waals surface area contributed by atoms with Gasteiger partial charge in [-0.1, -0.05) is 0 Å². The molecule has 0 bridgehead atoms. The van der Waals surface area contributed by atoms with Gasteiger partial charge in [-0.05, 0) is 51.5 Å². The van der Waals surface area contributed by atoms with E-state index in [9.17, 15) is 19.7 Å². The third-order valence-electron chi connectivity index (χ3n) is 4.82. The highest BCUT2D eigenvalue weighted by Gasteiger charge is 2.21. The van der Waals surface area contributed by atoms with Gasteiger partial charge in [-0.3, -0.25) is 24.6 Å². The molecule has 10 heteroatoms. The number of likely N-dealkylation sites (N-methyl/N-ethyl adjacent to an activating group) is 1. The smallest absolute Gasteiger partial charge is 0.317 e. The molecule has 1 aliphatic rings.